The number of hydrogen-bond acceptors (Lipinski definition) is 4. The van der Waals surface area contributed by atoms with Crippen molar-refractivity contribution in [1.82, 2.24) is 9.97 Å². The topological polar surface area (TPSA) is 49.8 Å². The van der Waals surface area contributed by atoms with Crippen LogP contribution < -0.4 is 10.6 Å². The van der Waals surface area contributed by atoms with Gasteiger partial charge in [0.05, 0.1) is 0 Å². The van der Waals surface area contributed by atoms with Crippen LogP contribution in [0.2, 0.25) is 5.02 Å². The lowest BCUT2D eigenvalue weighted by molar-refractivity contribution is 1.16. The van der Waals surface area contributed by atoms with Gasteiger partial charge in [-0.25, -0.2) is 4.98 Å². The average Bonchev–Trinajstić information content (AvgIpc) is 2.54. The van der Waals surface area contributed by atoms with Crippen LogP contribution >= 0.6 is 27.5 Å². The highest BCUT2D eigenvalue weighted by Crippen LogP contribution is 2.23. The van der Waals surface area contributed by atoms with Crippen LogP contribution in [0.1, 0.15) is 5.56 Å². The molecule has 0 saturated heterocycles. The fourth-order valence-corrected chi connectivity index (χ4v) is 2.47. The first-order chi connectivity index (χ1) is 11.1. The molecule has 2 N–H and O–H groups in total. The third-order valence-electron chi connectivity index (χ3n) is 3.20. The van der Waals surface area contributed by atoms with Crippen LogP contribution in [-0.4, -0.2) is 9.97 Å². The Morgan fingerprint density at radius 2 is 1.70 bits per heavy atom. The summed E-state index contributed by atoms with van der Waals surface area (Å²) >= 11 is 9.41. The lowest BCUT2D eigenvalue weighted by Crippen LogP contribution is -2.00. The molecule has 1 aromatic heterocycles. The van der Waals surface area contributed by atoms with E-state index >= 15 is 0 Å². The Hall–Kier alpha value is -2.11. The fraction of sp³-hybridized carbons (Fsp3) is 0.0588. The monoisotopic (exact) mass is 388 g/mol. The lowest BCUT2D eigenvalue weighted by Gasteiger charge is -2.09. The summed E-state index contributed by atoms with van der Waals surface area (Å²) < 4.78 is 1.04. The smallest absolute Gasteiger partial charge is 0.229 e. The fourth-order valence-electron chi connectivity index (χ4n) is 1.97. The molecule has 116 valence electrons. The lowest BCUT2D eigenvalue weighted by atomic mass is 10.2. The van der Waals surface area contributed by atoms with Crippen LogP contribution in [0.15, 0.2) is 59.2 Å². The molecule has 3 aromatic rings. The molecule has 0 aliphatic heterocycles. The molecule has 1 heterocycles. The quantitative estimate of drug-likeness (QED) is 0.602. The number of benzene rings is 2. The molecule has 0 bridgehead atoms. The molecule has 0 amide bonds. The SMILES string of the molecule is Cc1ccc(Nc2nccc(Nc3ccc(Cl)cc3)n2)cc1Br. The summed E-state index contributed by atoms with van der Waals surface area (Å²) in [5.74, 6) is 1.23. The van der Waals surface area contributed by atoms with Gasteiger partial charge in [-0.1, -0.05) is 33.6 Å². The number of aryl methyl sites for hydroxylation is 1. The van der Waals surface area contributed by atoms with Gasteiger partial charge in [-0.2, -0.15) is 4.98 Å². The second-order valence-electron chi connectivity index (χ2n) is 4.99. The molecular weight excluding hydrogens is 376 g/mol. The first-order valence-electron chi connectivity index (χ1n) is 6.99. The Balaban J connectivity index is 1.76. The molecule has 0 saturated carbocycles. The third kappa shape index (κ3) is 4.21. The molecule has 0 aliphatic carbocycles. The third-order valence-corrected chi connectivity index (χ3v) is 4.31. The van der Waals surface area contributed by atoms with Crippen LogP contribution in [0.25, 0.3) is 0 Å². The van der Waals surface area contributed by atoms with Crippen molar-refractivity contribution in [2.24, 2.45) is 0 Å². The summed E-state index contributed by atoms with van der Waals surface area (Å²) in [6.07, 6.45) is 1.71. The molecule has 3 rings (SSSR count). The Morgan fingerprint density at radius 3 is 2.43 bits per heavy atom. The van der Waals surface area contributed by atoms with Crippen LogP contribution in [0, 0.1) is 6.92 Å². The van der Waals surface area contributed by atoms with E-state index in [-0.39, 0.29) is 0 Å². The molecule has 0 radical (unpaired) electrons. The number of halogens is 2. The number of nitrogens with zero attached hydrogens (tertiary/aromatic N) is 2. The minimum Gasteiger partial charge on any atom is -0.340 e. The average molecular weight is 390 g/mol. The van der Waals surface area contributed by atoms with Crippen molar-refractivity contribution >= 4 is 50.7 Å². The van der Waals surface area contributed by atoms with E-state index in [1.54, 1.807) is 6.20 Å². The second-order valence-corrected chi connectivity index (χ2v) is 6.28. The van der Waals surface area contributed by atoms with E-state index in [2.05, 4.69) is 36.5 Å². The molecule has 2 aromatic carbocycles. The van der Waals surface area contributed by atoms with Gasteiger partial charge in [0.2, 0.25) is 5.95 Å². The number of aromatic nitrogens is 2. The molecule has 23 heavy (non-hydrogen) atoms. The zero-order valence-corrected chi connectivity index (χ0v) is 14.7. The molecule has 0 atom stereocenters. The standard InChI is InChI=1S/C17H14BrClN4/c1-11-2-5-14(10-15(11)18)22-17-20-9-8-16(23-17)21-13-6-3-12(19)4-7-13/h2-10H,1H3,(H2,20,21,22,23). The van der Waals surface area contributed by atoms with Gasteiger partial charge < -0.3 is 10.6 Å². The Kier molecular flexibility index (Phi) is 4.79. The van der Waals surface area contributed by atoms with E-state index in [0.717, 1.165) is 15.8 Å². The summed E-state index contributed by atoms with van der Waals surface area (Å²) in [7, 11) is 0. The Labute approximate surface area is 148 Å². The van der Waals surface area contributed by atoms with E-state index < -0.39 is 0 Å². The first-order valence-corrected chi connectivity index (χ1v) is 8.16. The number of nitrogens with one attached hydrogen (secondary N) is 2. The summed E-state index contributed by atoms with van der Waals surface area (Å²) in [5.41, 5.74) is 3.01. The molecule has 0 fully saturated rings. The molecule has 6 heteroatoms. The van der Waals surface area contributed by atoms with Crippen molar-refractivity contribution in [2.75, 3.05) is 10.6 Å². The van der Waals surface area contributed by atoms with Gasteiger partial charge in [0.15, 0.2) is 0 Å². The summed E-state index contributed by atoms with van der Waals surface area (Å²) in [6.45, 7) is 2.04. The number of anilines is 4. The Morgan fingerprint density at radius 1 is 0.957 bits per heavy atom. The van der Waals surface area contributed by atoms with Crippen molar-refractivity contribution in [3.8, 4) is 0 Å². The highest BCUT2D eigenvalue weighted by Gasteiger charge is 2.03. The Bertz CT molecular complexity index is 821. The van der Waals surface area contributed by atoms with Crippen molar-refractivity contribution in [3.63, 3.8) is 0 Å². The maximum absolute atomic E-state index is 5.89. The van der Waals surface area contributed by atoms with Crippen LogP contribution in [-0.2, 0) is 0 Å². The zero-order valence-electron chi connectivity index (χ0n) is 12.3. The predicted molar refractivity (Wildman–Crippen MR) is 98.9 cm³/mol. The minimum atomic E-state index is 0.528. The van der Waals surface area contributed by atoms with Gasteiger partial charge in [-0.05, 0) is 55.0 Å². The largest absolute Gasteiger partial charge is 0.340 e. The van der Waals surface area contributed by atoms with Crippen LogP contribution in [0.5, 0.6) is 0 Å². The van der Waals surface area contributed by atoms with Crippen LogP contribution in [0.4, 0.5) is 23.1 Å². The van der Waals surface area contributed by atoms with Gasteiger partial charge in [0.1, 0.15) is 5.82 Å². The normalized spacial score (nSPS) is 10.4. The van der Waals surface area contributed by atoms with Crippen molar-refractivity contribution in [3.05, 3.63) is 69.8 Å². The van der Waals surface area contributed by atoms with Gasteiger partial charge in [0.25, 0.3) is 0 Å². The molecular formula is C17H14BrClN4. The van der Waals surface area contributed by atoms with E-state index in [1.165, 1.54) is 5.56 Å². The minimum absolute atomic E-state index is 0.528. The van der Waals surface area contributed by atoms with Crippen molar-refractivity contribution in [1.29, 1.82) is 0 Å². The summed E-state index contributed by atoms with van der Waals surface area (Å²) in [5, 5.41) is 7.11. The zero-order chi connectivity index (χ0) is 16.2. The molecule has 0 unspecified atom stereocenters. The van der Waals surface area contributed by atoms with E-state index in [0.29, 0.717) is 16.8 Å². The van der Waals surface area contributed by atoms with Gasteiger partial charge >= 0.3 is 0 Å². The number of hydrogen-bond donors (Lipinski definition) is 2. The molecule has 4 nitrogen and oxygen atoms in total. The molecule has 0 aliphatic rings. The van der Waals surface area contributed by atoms with Gasteiger partial charge in [-0.3, -0.25) is 0 Å². The van der Waals surface area contributed by atoms with E-state index in [1.807, 2.05) is 55.5 Å². The maximum Gasteiger partial charge on any atom is 0.229 e. The van der Waals surface area contributed by atoms with E-state index in [4.69, 9.17) is 11.6 Å². The van der Waals surface area contributed by atoms with E-state index in [9.17, 15) is 0 Å². The highest BCUT2D eigenvalue weighted by molar-refractivity contribution is 9.10. The molecule has 0 spiro atoms. The summed E-state index contributed by atoms with van der Waals surface area (Å²) in [6, 6.07) is 15.3. The van der Waals surface area contributed by atoms with Crippen LogP contribution in [0.3, 0.4) is 0 Å². The van der Waals surface area contributed by atoms with Gasteiger partial charge in [-0.15, -0.1) is 0 Å². The summed E-state index contributed by atoms with van der Waals surface area (Å²) in [4.78, 5) is 8.70. The van der Waals surface area contributed by atoms with Gasteiger partial charge in [0, 0.05) is 27.1 Å². The van der Waals surface area contributed by atoms with Crippen molar-refractivity contribution in [2.45, 2.75) is 6.92 Å². The maximum atomic E-state index is 5.89. The highest BCUT2D eigenvalue weighted by atomic mass is 79.9. The first kappa shape index (κ1) is 15.8. The second kappa shape index (κ2) is 6.98. The van der Waals surface area contributed by atoms with Crippen molar-refractivity contribution < 1.29 is 0 Å². The number of rotatable bonds is 4. The predicted octanol–water partition coefficient (Wildman–Crippen LogP) is 5.69.